The molecule has 2 heterocycles. The van der Waals surface area contributed by atoms with Crippen LogP contribution >= 0.6 is 11.8 Å². The highest BCUT2D eigenvalue weighted by Crippen LogP contribution is 2.13. The van der Waals surface area contributed by atoms with Crippen molar-refractivity contribution < 1.29 is 4.42 Å². The Bertz CT molecular complexity index is 811. The molecule has 1 unspecified atom stereocenters. The smallest absolute Gasteiger partial charge is 0.292 e. The van der Waals surface area contributed by atoms with E-state index in [1.54, 1.807) is 18.0 Å². The summed E-state index contributed by atoms with van der Waals surface area (Å²) < 4.78 is 5.06. The number of likely N-dealkylation sites (tertiary alicyclic amines) is 1. The third-order valence-corrected chi connectivity index (χ3v) is 5.90. The Kier molecular flexibility index (Phi) is 11.2. The number of allylic oxidation sites excluding steroid dienone is 5. The molecule has 8 heteroatoms. The van der Waals surface area contributed by atoms with Gasteiger partial charge in [0, 0.05) is 31.0 Å². The van der Waals surface area contributed by atoms with Gasteiger partial charge >= 0.3 is 0 Å². The van der Waals surface area contributed by atoms with E-state index < -0.39 is 0 Å². The van der Waals surface area contributed by atoms with E-state index in [4.69, 9.17) is 10.2 Å². The summed E-state index contributed by atoms with van der Waals surface area (Å²) in [6, 6.07) is 0.757. The molecular weight excluding hydrogens is 408 g/mol. The van der Waals surface area contributed by atoms with Gasteiger partial charge in [-0.05, 0) is 56.8 Å². The van der Waals surface area contributed by atoms with Gasteiger partial charge in [-0.1, -0.05) is 25.7 Å². The van der Waals surface area contributed by atoms with Gasteiger partial charge in [-0.15, -0.1) is 11.8 Å². The topological polar surface area (TPSA) is 91.7 Å². The Morgan fingerprint density at radius 2 is 2.32 bits per heavy atom. The molecule has 1 atom stereocenters. The highest BCUT2D eigenvalue weighted by Gasteiger charge is 2.19. The minimum atomic E-state index is 0.175. The van der Waals surface area contributed by atoms with Crippen molar-refractivity contribution in [2.45, 2.75) is 38.8 Å². The minimum Gasteiger partial charge on any atom is -0.432 e. The van der Waals surface area contributed by atoms with E-state index in [0.717, 1.165) is 48.1 Å². The lowest BCUT2D eigenvalue weighted by Gasteiger charge is -2.32. The Hall–Kier alpha value is -2.29. The SMILES string of the molecule is C=C\C(CC)=C(/C=C/C=C/N=C(/CN1CCCC(NC)C1)SC)NCc1coc(N)n1. The van der Waals surface area contributed by atoms with Crippen molar-refractivity contribution in [2.75, 3.05) is 38.7 Å². The summed E-state index contributed by atoms with van der Waals surface area (Å²) in [6.07, 6.45) is 16.7. The molecule has 0 saturated carbocycles. The van der Waals surface area contributed by atoms with Gasteiger partial charge in [-0.2, -0.15) is 4.98 Å². The van der Waals surface area contributed by atoms with Crippen LogP contribution in [0.4, 0.5) is 6.01 Å². The Morgan fingerprint density at radius 3 is 2.97 bits per heavy atom. The van der Waals surface area contributed by atoms with E-state index in [-0.39, 0.29) is 6.01 Å². The van der Waals surface area contributed by atoms with E-state index in [1.165, 1.54) is 12.8 Å². The van der Waals surface area contributed by atoms with Crippen LogP contribution in [0.15, 0.2) is 64.0 Å². The molecule has 1 saturated heterocycles. The quantitative estimate of drug-likeness (QED) is 0.272. The average molecular weight is 445 g/mol. The number of piperidine rings is 1. The number of hydrogen-bond acceptors (Lipinski definition) is 8. The maximum Gasteiger partial charge on any atom is 0.292 e. The van der Waals surface area contributed by atoms with Crippen LogP contribution in [0.25, 0.3) is 0 Å². The molecule has 0 bridgehead atoms. The third kappa shape index (κ3) is 8.77. The fourth-order valence-electron chi connectivity index (χ4n) is 3.43. The normalized spacial score (nSPS) is 19.2. The maximum atomic E-state index is 5.54. The first-order valence-corrected chi connectivity index (χ1v) is 11.9. The number of nitrogens with one attached hydrogen (secondary N) is 2. The van der Waals surface area contributed by atoms with E-state index in [9.17, 15) is 0 Å². The molecule has 1 aromatic rings. The van der Waals surface area contributed by atoms with Gasteiger partial charge in [0.1, 0.15) is 12.0 Å². The number of likely N-dealkylation sites (N-methyl/N-ethyl adjacent to an activating group) is 1. The molecule has 2 rings (SSSR count). The molecule has 1 fully saturated rings. The van der Waals surface area contributed by atoms with Crippen molar-refractivity contribution in [3.05, 3.63) is 60.3 Å². The van der Waals surface area contributed by atoms with Crippen LogP contribution in [0.2, 0.25) is 0 Å². The van der Waals surface area contributed by atoms with Crippen molar-refractivity contribution in [3.63, 3.8) is 0 Å². The van der Waals surface area contributed by atoms with Gasteiger partial charge in [0.05, 0.1) is 11.6 Å². The number of anilines is 1. The molecule has 4 N–H and O–H groups in total. The molecule has 0 radical (unpaired) electrons. The second kappa shape index (κ2) is 13.9. The second-order valence-electron chi connectivity index (χ2n) is 7.32. The predicted octanol–water partition coefficient (Wildman–Crippen LogP) is 3.71. The maximum absolute atomic E-state index is 5.54. The van der Waals surface area contributed by atoms with Crippen LogP contribution in [0.5, 0.6) is 0 Å². The number of nitrogens with zero attached hydrogens (tertiary/aromatic N) is 3. The van der Waals surface area contributed by atoms with Crippen LogP contribution in [0.3, 0.4) is 0 Å². The summed E-state index contributed by atoms with van der Waals surface area (Å²) in [6.45, 7) is 9.67. The molecule has 1 aliphatic heterocycles. The highest BCUT2D eigenvalue weighted by molar-refractivity contribution is 8.13. The highest BCUT2D eigenvalue weighted by atomic mass is 32.2. The van der Waals surface area contributed by atoms with E-state index >= 15 is 0 Å². The summed E-state index contributed by atoms with van der Waals surface area (Å²) in [5, 5.41) is 7.90. The summed E-state index contributed by atoms with van der Waals surface area (Å²) in [4.78, 5) is 11.3. The van der Waals surface area contributed by atoms with E-state index in [2.05, 4.69) is 45.3 Å². The molecule has 7 nitrogen and oxygen atoms in total. The van der Waals surface area contributed by atoms with Crippen LogP contribution in [0.1, 0.15) is 31.9 Å². The number of oxazole rings is 1. The van der Waals surface area contributed by atoms with Gasteiger partial charge < -0.3 is 20.8 Å². The zero-order chi connectivity index (χ0) is 22.5. The fraction of sp³-hybridized carbons (Fsp3) is 0.478. The monoisotopic (exact) mass is 444 g/mol. The molecular formula is C23H36N6OS. The lowest BCUT2D eigenvalue weighted by Crippen LogP contribution is -2.45. The van der Waals surface area contributed by atoms with E-state index in [1.807, 2.05) is 37.6 Å². The van der Waals surface area contributed by atoms with Crippen molar-refractivity contribution in [1.29, 1.82) is 0 Å². The largest absolute Gasteiger partial charge is 0.432 e. The Balaban J connectivity index is 1.95. The van der Waals surface area contributed by atoms with Gasteiger partial charge in [-0.25, -0.2) is 0 Å². The van der Waals surface area contributed by atoms with Crippen LogP contribution in [0, 0.1) is 0 Å². The average Bonchev–Trinajstić information content (AvgIpc) is 3.21. The van der Waals surface area contributed by atoms with Gasteiger partial charge in [0.25, 0.3) is 6.01 Å². The molecule has 0 amide bonds. The van der Waals surface area contributed by atoms with Crippen molar-refractivity contribution in [1.82, 2.24) is 20.5 Å². The van der Waals surface area contributed by atoms with Crippen LogP contribution in [-0.4, -0.2) is 53.9 Å². The zero-order valence-electron chi connectivity index (χ0n) is 18.9. The summed E-state index contributed by atoms with van der Waals surface area (Å²) in [5.41, 5.74) is 8.41. The first kappa shape index (κ1) is 25.0. The van der Waals surface area contributed by atoms with Crippen molar-refractivity contribution in [2.24, 2.45) is 4.99 Å². The van der Waals surface area contributed by atoms with Gasteiger partial charge in [0.2, 0.25) is 0 Å². The van der Waals surface area contributed by atoms with Gasteiger partial charge in [-0.3, -0.25) is 9.89 Å². The third-order valence-electron chi connectivity index (χ3n) is 5.19. The van der Waals surface area contributed by atoms with Crippen molar-refractivity contribution in [3.8, 4) is 0 Å². The number of nitrogens with two attached hydrogens (primary N) is 1. The van der Waals surface area contributed by atoms with Crippen LogP contribution in [-0.2, 0) is 6.54 Å². The lowest BCUT2D eigenvalue weighted by atomic mass is 10.1. The predicted molar refractivity (Wildman–Crippen MR) is 133 cm³/mol. The standard InChI is InChI=1S/C23H36N6OS/c1-5-18(6-2)21(27-14-20-17-30-23(24)28-20)11-7-8-12-26-22(31-4)16-29-13-9-10-19(15-29)25-3/h5,7-8,11-12,17,19,25,27H,1,6,9-10,13-16H2,2-4H3,(H2,24,28)/b11-7+,12-8+,21-18-,26-22-. The molecule has 0 aliphatic carbocycles. The molecule has 31 heavy (non-hydrogen) atoms. The molecule has 0 aromatic carbocycles. The summed E-state index contributed by atoms with van der Waals surface area (Å²) in [7, 11) is 2.04. The summed E-state index contributed by atoms with van der Waals surface area (Å²) in [5.74, 6) is 0. The first-order chi connectivity index (χ1) is 15.1. The number of aromatic nitrogens is 1. The molecule has 170 valence electrons. The Morgan fingerprint density at radius 1 is 1.48 bits per heavy atom. The zero-order valence-corrected chi connectivity index (χ0v) is 19.8. The number of aliphatic imine (C=N–C) groups is 1. The van der Waals surface area contributed by atoms with Crippen molar-refractivity contribution >= 4 is 22.8 Å². The van der Waals surface area contributed by atoms with E-state index in [0.29, 0.717) is 12.6 Å². The molecule has 0 spiro atoms. The number of hydrogen-bond donors (Lipinski definition) is 3. The number of thioether (sulfide) groups is 1. The second-order valence-corrected chi connectivity index (χ2v) is 8.20. The van der Waals surface area contributed by atoms with Crippen LogP contribution < -0.4 is 16.4 Å². The summed E-state index contributed by atoms with van der Waals surface area (Å²) >= 11 is 1.71. The molecule has 1 aromatic heterocycles. The lowest BCUT2D eigenvalue weighted by molar-refractivity contribution is 0.220. The van der Waals surface area contributed by atoms with Gasteiger partial charge in [0.15, 0.2) is 0 Å². The first-order valence-electron chi connectivity index (χ1n) is 10.7. The number of nitrogen functional groups attached to an aromatic ring is 1. The molecule has 1 aliphatic rings. The fourth-order valence-corrected chi connectivity index (χ4v) is 3.90. The minimum absolute atomic E-state index is 0.175. The Labute approximate surface area is 190 Å². The number of rotatable bonds is 11.